The molecule has 0 amide bonds. The topological polar surface area (TPSA) is 70.0 Å². The number of phenols is 2. The number of carbonyl (C=O) groups excluding carboxylic acids is 1. The average molecular weight is 490 g/mol. The Morgan fingerprint density at radius 3 is 2.29 bits per heavy atom. The number of ether oxygens (including phenoxy) is 1. The lowest BCUT2D eigenvalue weighted by Crippen LogP contribution is -2.33. The van der Waals surface area contributed by atoms with E-state index in [1.807, 2.05) is 24.3 Å². The van der Waals surface area contributed by atoms with Gasteiger partial charge in [-0.05, 0) is 98.2 Å². The first kappa shape index (κ1) is 24.8. The van der Waals surface area contributed by atoms with Gasteiger partial charge in [-0.15, -0.1) is 11.3 Å². The van der Waals surface area contributed by atoms with Crippen molar-refractivity contribution in [3.63, 3.8) is 0 Å². The number of phenolic OH excluding ortho intramolecular Hbond substituents is 2. The SMILES string of the molecule is C.O=C(c1ccc(OCCN2CCCCC2)cc1)c1c(-c2ccc(O)cc2)sc2cc(O)ccc12. The molecule has 35 heavy (non-hydrogen) atoms. The zero-order valence-electron chi connectivity index (χ0n) is 18.9. The fraction of sp³-hybridized carbons (Fsp3) is 0.276. The Morgan fingerprint density at radius 1 is 0.886 bits per heavy atom. The zero-order valence-corrected chi connectivity index (χ0v) is 19.7. The van der Waals surface area contributed by atoms with Crippen LogP contribution in [0.15, 0.2) is 66.7 Å². The molecular formula is C29H31NO4S. The van der Waals surface area contributed by atoms with Gasteiger partial charge in [0.25, 0.3) is 0 Å². The summed E-state index contributed by atoms with van der Waals surface area (Å²) in [5.74, 6) is 1.01. The van der Waals surface area contributed by atoms with Crippen LogP contribution >= 0.6 is 11.3 Å². The van der Waals surface area contributed by atoms with Crippen molar-refractivity contribution in [1.82, 2.24) is 4.90 Å². The third-order valence-electron chi connectivity index (χ3n) is 6.27. The van der Waals surface area contributed by atoms with Crippen LogP contribution in [-0.2, 0) is 0 Å². The lowest BCUT2D eigenvalue weighted by molar-refractivity contribution is 0.104. The Hall–Kier alpha value is -3.35. The maximum Gasteiger partial charge on any atom is 0.195 e. The fourth-order valence-corrected chi connectivity index (χ4v) is 5.69. The molecule has 1 fully saturated rings. The Morgan fingerprint density at radius 2 is 1.57 bits per heavy atom. The van der Waals surface area contributed by atoms with E-state index in [9.17, 15) is 15.0 Å². The molecule has 0 atom stereocenters. The molecule has 4 aromatic rings. The number of benzene rings is 3. The quantitative estimate of drug-likeness (QED) is 0.282. The minimum atomic E-state index is -0.0834. The molecule has 0 radical (unpaired) electrons. The predicted molar refractivity (Wildman–Crippen MR) is 143 cm³/mol. The number of carbonyl (C=O) groups is 1. The van der Waals surface area contributed by atoms with Crippen LogP contribution in [0.1, 0.15) is 42.6 Å². The van der Waals surface area contributed by atoms with Crippen molar-refractivity contribution in [1.29, 1.82) is 0 Å². The van der Waals surface area contributed by atoms with Crippen molar-refractivity contribution in [2.75, 3.05) is 26.2 Å². The molecule has 5 nitrogen and oxygen atoms in total. The summed E-state index contributed by atoms with van der Waals surface area (Å²) < 4.78 is 6.76. The third kappa shape index (κ3) is 5.50. The monoisotopic (exact) mass is 489 g/mol. The van der Waals surface area contributed by atoms with E-state index >= 15 is 0 Å². The number of nitrogens with zero attached hydrogens (tertiary/aromatic N) is 1. The molecule has 0 unspecified atom stereocenters. The van der Waals surface area contributed by atoms with Crippen LogP contribution in [0.4, 0.5) is 0 Å². The lowest BCUT2D eigenvalue weighted by atomic mass is 9.97. The van der Waals surface area contributed by atoms with Crippen molar-refractivity contribution >= 4 is 27.2 Å². The maximum atomic E-state index is 13.6. The zero-order chi connectivity index (χ0) is 23.5. The second kappa shape index (κ2) is 10.9. The minimum absolute atomic E-state index is 0. The molecule has 1 saturated heterocycles. The normalized spacial score (nSPS) is 13.9. The van der Waals surface area contributed by atoms with Crippen molar-refractivity contribution in [2.24, 2.45) is 0 Å². The Balaban J connectivity index is 0.00000289. The summed E-state index contributed by atoms with van der Waals surface area (Å²) in [4.78, 5) is 16.9. The smallest absolute Gasteiger partial charge is 0.195 e. The van der Waals surface area contributed by atoms with Crippen molar-refractivity contribution < 1.29 is 19.7 Å². The van der Waals surface area contributed by atoms with E-state index in [4.69, 9.17) is 4.74 Å². The van der Waals surface area contributed by atoms with E-state index in [0.29, 0.717) is 17.7 Å². The predicted octanol–water partition coefficient (Wildman–Crippen LogP) is 6.71. The summed E-state index contributed by atoms with van der Waals surface area (Å²) >= 11 is 1.46. The summed E-state index contributed by atoms with van der Waals surface area (Å²) in [6.07, 6.45) is 3.85. The molecule has 2 N–H and O–H groups in total. The number of rotatable bonds is 7. The Labute approximate surface area is 210 Å². The first-order valence-electron chi connectivity index (χ1n) is 11.6. The number of hydrogen-bond donors (Lipinski definition) is 2. The second-order valence-electron chi connectivity index (χ2n) is 8.64. The van der Waals surface area contributed by atoms with Gasteiger partial charge in [-0.3, -0.25) is 9.69 Å². The van der Waals surface area contributed by atoms with Crippen molar-refractivity contribution in [3.8, 4) is 27.7 Å². The molecule has 5 rings (SSSR count). The molecule has 6 heteroatoms. The Bertz CT molecular complexity index is 1290. The first-order valence-corrected chi connectivity index (χ1v) is 12.4. The lowest BCUT2D eigenvalue weighted by Gasteiger charge is -2.26. The van der Waals surface area contributed by atoms with E-state index in [1.165, 1.54) is 30.6 Å². The van der Waals surface area contributed by atoms with Crippen molar-refractivity contribution in [2.45, 2.75) is 26.7 Å². The average Bonchev–Trinajstić information content (AvgIpc) is 3.23. The minimum Gasteiger partial charge on any atom is -0.508 e. The van der Waals surface area contributed by atoms with E-state index in [1.54, 1.807) is 42.5 Å². The molecule has 0 aliphatic carbocycles. The van der Waals surface area contributed by atoms with Gasteiger partial charge in [-0.2, -0.15) is 0 Å². The number of likely N-dealkylation sites (tertiary alicyclic amines) is 1. The largest absolute Gasteiger partial charge is 0.508 e. The van der Waals surface area contributed by atoms with Gasteiger partial charge in [0.2, 0.25) is 0 Å². The third-order valence-corrected chi connectivity index (χ3v) is 7.47. The highest BCUT2D eigenvalue weighted by Crippen LogP contribution is 2.41. The number of ketones is 1. The summed E-state index contributed by atoms with van der Waals surface area (Å²) in [6, 6.07) is 19.2. The van der Waals surface area contributed by atoms with Crippen LogP contribution in [-0.4, -0.2) is 47.1 Å². The summed E-state index contributed by atoms with van der Waals surface area (Å²) in [5, 5.41) is 20.4. The van der Waals surface area contributed by atoms with E-state index in [0.717, 1.165) is 45.9 Å². The van der Waals surface area contributed by atoms with Gasteiger partial charge in [-0.25, -0.2) is 0 Å². The van der Waals surface area contributed by atoms with Crippen LogP contribution in [0.2, 0.25) is 0 Å². The molecule has 1 aliphatic rings. The van der Waals surface area contributed by atoms with E-state index in [-0.39, 0.29) is 24.7 Å². The molecule has 0 bridgehead atoms. The van der Waals surface area contributed by atoms with Gasteiger partial charge in [0.15, 0.2) is 5.78 Å². The van der Waals surface area contributed by atoms with Gasteiger partial charge in [0, 0.05) is 32.6 Å². The van der Waals surface area contributed by atoms with Crippen LogP contribution in [0, 0.1) is 0 Å². The number of fused-ring (bicyclic) bond motifs is 1. The second-order valence-corrected chi connectivity index (χ2v) is 9.69. The molecule has 1 aliphatic heterocycles. The van der Waals surface area contributed by atoms with Crippen molar-refractivity contribution in [3.05, 3.63) is 77.9 Å². The van der Waals surface area contributed by atoms with Gasteiger partial charge >= 0.3 is 0 Å². The fourth-order valence-electron chi connectivity index (χ4n) is 4.45. The van der Waals surface area contributed by atoms with Crippen LogP contribution in [0.3, 0.4) is 0 Å². The molecule has 2 heterocycles. The Kier molecular flexibility index (Phi) is 7.73. The van der Waals surface area contributed by atoms with Crippen LogP contribution in [0.5, 0.6) is 17.2 Å². The van der Waals surface area contributed by atoms with Gasteiger partial charge < -0.3 is 14.9 Å². The van der Waals surface area contributed by atoms with E-state index < -0.39 is 0 Å². The van der Waals surface area contributed by atoms with Crippen LogP contribution < -0.4 is 4.74 Å². The number of piperidine rings is 1. The molecular weight excluding hydrogens is 458 g/mol. The summed E-state index contributed by atoms with van der Waals surface area (Å²) in [6.45, 7) is 3.85. The molecule has 0 saturated carbocycles. The van der Waals surface area contributed by atoms with Gasteiger partial charge in [-0.1, -0.05) is 13.8 Å². The highest BCUT2D eigenvalue weighted by Gasteiger charge is 2.22. The summed E-state index contributed by atoms with van der Waals surface area (Å²) in [5.41, 5.74) is 2.03. The maximum absolute atomic E-state index is 13.6. The summed E-state index contributed by atoms with van der Waals surface area (Å²) in [7, 11) is 0. The molecule has 3 aromatic carbocycles. The number of aromatic hydroxyl groups is 2. The highest BCUT2D eigenvalue weighted by atomic mass is 32.1. The van der Waals surface area contributed by atoms with Gasteiger partial charge in [0.05, 0.1) is 0 Å². The molecule has 0 spiro atoms. The number of thiophene rings is 1. The number of hydrogen-bond acceptors (Lipinski definition) is 6. The van der Waals surface area contributed by atoms with Gasteiger partial charge in [0.1, 0.15) is 23.9 Å². The highest BCUT2D eigenvalue weighted by molar-refractivity contribution is 7.22. The van der Waals surface area contributed by atoms with E-state index in [2.05, 4.69) is 4.90 Å². The standard InChI is InChI=1S/C28H27NO4S.CH4/c30-21-8-4-20(5-9-21)28-26(24-13-10-22(31)18-25(24)34-28)27(32)19-6-11-23(12-7-19)33-17-16-29-14-2-1-3-15-29;/h4-13,18,30-31H,1-3,14-17H2;1H4. The molecule has 182 valence electrons. The first-order chi connectivity index (χ1) is 16.6. The van der Waals surface area contributed by atoms with Crippen LogP contribution in [0.25, 0.3) is 20.5 Å². The molecule has 1 aromatic heterocycles.